The maximum Gasteiger partial charge on any atom is 0.381 e. The molecule has 9 heteroatoms. The number of hydrogen-bond donors (Lipinski definition) is 0. The highest BCUT2D eigenvalue weighted by Gasteiger charge is 2.33. The first-order valence-corrected chi connectivity index (χ1v) is 7.71. The predicted octanol–water partition coefficient (Wildman–Crippen LogP) is 0.994. The summed E-state index contributed by atoms with van der Waals surface area (Å²) in [6, 6.07) is 6.01. The van der Waals surface area contributed by atoms with Gasteiger partial charge in [0.1, 0.15) is 5.75 Å². The van der Waals surface area contributed by atoms with E-state index in [0.717, 1.165) is 0 Å². The lowest BCUT2D eigenvalue weighted by Crippen LogP contribution is -2.34. The summed E-state index contributed by atoms with van der Waals surface area (Å²) < 4.78 is 32.7. The number of hydrogen-bond acceptors (Lipinski definition) is 7. The van der Waals surface area contributed by atoms with E-state index >= 15 is 0 Å². The number of carbonyl (C=O) groups is 1. The molecule has 0 amide bonds. The van der Waals surface area contributed by atoms with Gasteiger partial charge in [0.05, 0.1) is 12.4 Å². The fourth-order valence-corrected chi connectivity index (χ4v) is 2.47. The molecule has 0 aromatic heterocycles. The second-order valence-electron chi connectivity index (χ2n) is 4.00. The van der Waals surface area contributed by atoms with Crippen LogP contribution in [0.5, 0.6) is 5.75 Å². The Morgan fingerprint density at radius 1 is 1.33 bits per heavy atom. The summed E-state index contributed by atoms with van der Waals surface area (Å²) in [6.45, 7) is 1.49. The van der Waals surface area contributed by atoms with Crippen LogP contribution < -0.4 is 4.18 Å². The molecule has 0 saturated heterocycles. The number of carbonyl (C=O) groups excluding carboxylic acids is 1. The average molecular weight is 317 g/mol. The number of rotatable bonds is 8. The molecule has 1 aromatic carbocycles. The Hall–Kier alpha value is -2.16. The van der Waals surface area contributed by atoms with Crippen LogP contribution in [0.15, 0.2) is 30.3 Å². The minimum atomic E-state index is -4.02. The zero-order chi connectivity index (χ0) is 15.9. The number of para-hydroxylation sites is 1. The van der Waals surface area contributed by atoms with Crippen molar-refractivity contribution in [3.05, 3.63) is 40.4 Å². The van der Waals surface area contributed by atoms with Gasteiger partial charge in [-0.15, -0.1) is 0 Å². The maximum absolute atomic E-state index is 11.7. The van der Waals surface area contributed by atoms with Gasteiger partial charge < -0.3 is 8.92 Å². The summed E-state index contributed by atoms with van der Waals surface area (Å²) >= 11 is 0. The third-order valence-corrected chi connectivity index (χ3v) is 3.60. The zero-order valence-electron chi connectivity index (χ0n) is 11.3. The van der Waals surface area contributed by atoms with E-state index in [1.54, 1.807) is 18.2 Å². The first kappa shape index (κ1) is 16.9. The highest BCUT2D eigenvalue weighted by molar-refractivity contribution is 7.87. The van der Waals surface area contributed by atoms with Crippen molar-refractivity contribution in [2.75, 3.05) is 12.4 Å². The van der Waals surface area contributed by atoms with Gasteiger partial charge in [0, 0.05) is 11.3 Å². The second kappa shape index (κ2) is 7.58. The van der Waals surface area contributed by atoms with E-state index in [-0.39, 0.29) is 12.4 Å². The summed E-state index contributed by atoms with van der Waals surface area (Å²) in [6.07, 6.45) is -0.513. The Morgan fingerprint density at radius 3 is 2.48 bits per heavy atom. The van der Waals surface area contributed by atoms with Crippen LogP contribution in [0.2, 0.25) is 0 Å². The summed E-state index contributed by atoms with van der Waals surface area (Å²) in [7, 11) is -4.02. The first-order chi connectivity index (χ1) is 9.85. The van der Waals surface area contributed by atoms with Crippen LogP contribution in [0.25, 0.3) is 0 Å². The quantitative estimate of drug-likeness (QED) is 0.304. The minimum Gasteiger partial charge on any atom is -0.461 e. The SMILES string of the molecule is CCOC(=O)C(CCS(=O)(=O)Oc1ccccc1)[N+](=O)[O-]. The van der Waals surface area contributed by atoms with Gasteiger partial charge in [0.15, 0.2) is 0 Å². The van der Waals surface area contributed by atoms with Crippen molar-refractivity contribution >= 4 is 16.1 Å². The van der Waals surface area contributed by atoms with Crippen molar-refractivity contribution in [1.82, 2.24) is 0 Å². The highest BCUT2D eigenvalue weighted by Crippen LogP contribution is 2.13. The van der Waals surface area contributed by atoms with Gasteiger partial charge in [0.25, 0.3) is 0 Å². The molecule has 0 aliphatic rings. The van der Waals surface area contributed by atoms with Crippen molar-refractivity contribution in [2.45, 2.75) is 19.4 Å². The molecule has 0 heterocycles. The highest BCUT2D eigenvalue weighted by atomic mass is 32.2. The van der Waals surface area contributed by atoms with Crippen molar-refractivity contribution in [1.29, 1.82) is 0 Å². The molecule has 1 unspecified atom stereocenters. The van der Waals surface area contributed by atoms with Crippen LogP contribution in [0, 0.1) is 10.1 Å². The lowest BCUT2D eigenvalue weighted by atomic mass is 10.2. The standard InChI is InChI=1S/C12H15NO7S/c1-2-19-12(14)11(13(15)16)8-9-21(17,18)20-10-6-4-3-5-7-10/h3-7,11H,2,8-9H2,1H3. The molecule has 0 radical (unpaired) electrons. The number of benzene rings is 1. The van der Waals surface area contributed by atoms with E-state index < -0.39 is 39.2 Å². The normalized spacial score (nSPS) is 12.4. The van der Waals surface area contributed by atoms with Gasteiger partial charge in [-0.1, -0.05) is 18.2 Å². The van der Waals surface area contributed by atoms with E-state index in [9.17, 15) is 23.3 Å². The minimum absolute atomic E-state index is 0.0174. The molecule has 0 aliphatic carbocycles. The van der Waals surface area contributed by atoms with E-state index in [1.165, 1.54) is 19.1 Å². The van der Waals surface area contributed by atoms with Gasteiger partial charge in [-0.2, -0.15) is 8.42 Å². The molecule has 0 fully saturated rings. The third-order valence-electron chi connectivity index (χ3n) is 2.42. The Bertz CT molecular complexity index is 585. The zero-order valence-corrected chi connectivity index (χ0v) is 12.1. The van der Waals surface area contributed by atoms with E-state index in [4.69, 9.17) is 4.18 Å². The van der Waals surface area contributed by atoms with E-state index in [0.29, 0.717) is 0 Å². The Morgan fingerprint density at radius 2 is 1.95 bits per heavy atom. The van der Waals surface area contributed by atoms with Crippen LogP contribution >= 0.6 is 0 Å². The number of nitrogens with zero attached hydrogens (tertiary/aromatic N) is 1. The molecule has 1 aromatic rings. The second-order valence-corrected chi connectivity index (χ2v) is 5.69. The summed E-state index contributed by atoms with van der Waals surface area (Å²) in [4.78, 5) is 21.3. The molecule has 116 valence electrons. The van der Waals surface area contributed by atoms with Gasteiger partial charge >= 0.3 is 22.1 Å². The molecule has 0 spiro atoms. The Labute approximate surface area is 121 Å². The van der Waals surface area contributed by atoms with Crippen molar-refractivity contribution in [2.24, 2.45) is 0 Å². The summed E-state index contributed by atoms with van der Waals surface area (Å²) in [5, 5.41) is 10.8. The summed E-state index contributed by atoms with van der Waals surface area (Å²) in [5.74, 6) is -1.62. The molecular formula is C12H15NO7S. The number of nitro groups is 1. The molecule has 1 atom stereocenters. The monoisotopic (exact) mass is 317 g/mol. The molecule has 21 heavy (non-hydrogen) atoms. The average Bonchev–Trinajstić information content (AvgIpc) is 2.39. The maximum atomic E-state index is 11.7. The van der Waals surface area contributed by atoms with Crippen LogP contribution in [0.4, 0.5) is 0 Å². The largest absolute Gasteiger partial charge is 0.461 e. The van der Waals surface area contributed by atoms with Crippen LogP contribution in [-0.2, 0) is 19.6 Å². The third kappa shape index (κ3) is 5.78. The Balaban J connectivity index is 2.66. The van der Waals surface area contributed by atoms with Gasteiger partial charge in [-0.05, 0) is 19.1 Å². The molecule has 1 rings (SSSR count). The Kier molecular flexibility index (Phi) is 6.10. The van der Waals surface area contributed by atoms with Crippen LogP contribution in [0.1, 0.15) is 13.3 Å². The number of esters is 1. The predicted molar refractivity (Wildman–Crippen MR) is 72.9 cm³/mol. The molecule has 8 nitrogen and oxygen atoms in total. The smallest absolute Gasteiger partial charge is 0.381 e. The van der Waals surface area contributed by atoms with E-state index in [1.807, 2.05) is 0 Å². The van der Waals surface area contributed by atoms with Gasteiger partial charge in [-0.3, -0.25) is 10.1 Å². The fourth-order valence-electron chi connectivity index (χ4n) is 1.47. The molecule has 0 N–H and O–H groups in total. The van der Waals surface area contributed by atoms with Crippen molar-refractivity contribution in [3.63, 3.8) is 0 Å². The van der Waals surface area contributed by atoms with Gasteiger partial charge in [0.2, 0.25) is 0 Å². The first-order valence-electron chi connectivity index (χ1n) is 6.13. The lowest BCUT2D eigenvalue weighted by molar-refractivity contribution is -0.510. The van der Waals surface area contributed by atoms with Crippen LogP contribution in [-0.4, -0.2) is 37.7 Å². The molecule has 0 aliphatic heterocycles. The molecule has 0 bridgehead atoms. The lowest BCUT2D eigenvalue weighted by Gasteiger charge is -2.09. The fraction of sp³-hybridized carbons (Fsp3) is 0.417. The van der Waals surface area contributed by atoms with E-state index in [2.05, 4.69) is 4.74 Å². The molecule has 0 saturated carbocycles. The van der Waals surface area contributed by atoms with Gasteiger partial charge in [-0.25, -0.2) is 4.79 Å². The van der Waals surface area contributed by atoms with Crippen molar-refractivity contribution in [3.8, 4) is 5.75 Å². The van der Waals surface area contributed by atoms with Crippen molar-refractivity contribution < 1.29 is 27.1 Å². The number of ether oxygens (including phenoxy) is 1. The summed E-state index contributed by atoms with van der Waals surface area (Å²) in [5.41, 5.74) is 0. The molecular weight excluding hydrogens is 302 g/mol. The topological polar surface area (TPSA) is 113 Å². The van der Waals surface area contributed by atoms with Crippen LogP contribution in [0.3, 0.4) is 0 Å².